The van der Waals surface area contributed by atoms with Gasteiger partial charge in [-0.15, -0.1) is 0 Å². The maximum atomic E-state index is 2.44. The van der Waals surface area contributed by atoms with Crippen molar-refractivity contribution in [3.63, 3.8) is 0 Å². The van der Waals surface area contributed by atoms with Crippen LogP contribution in [-0.2, 0) is 0 Å². The number of hydrogen-bond donors (Lipinski definition) is 0. The van der Waals surface area contributed by atoms with E-state index in [1.807, 2.05) is 0 Å². The lowest BCUT2D eigenvalue weighted by molar-refractivity contribution is 1.61. The molecule has 0 amide bonds. The molecule has 0 spiro atoms. The summed E-state index contributed by atoms with van der Waals surface area (Å²) >= 11 is 0. The van der Waals surface area contributed by atoms with E-state index in [0.29, 0.717) is 0 Å². The Balaban J connectivity index is 0.999. The van der Waals surface area contributed by atoms with Gasteiger partial charge in [-0.1, -0.05) is 194 Å². The minimum absolute atomic E-state index is 1.21. The lowest BCUT2D eigenvalue weighted by atomic mass is 9.87. The maximum Gasteiger partial charge on any atom is -0.00923 e. The highest BCUT2D eigenvalue weighted by Crippen LogP contribution is 2.43. The molecule has 12 rings (SSSR count). The molecule has 0 radical (unpaired) electrons. The van der Waals surface area contributed by atoms with E-state index in [-0.39, 0.29) is 0 Å². The third-order valence-corrected chi connectivity index (χ3v) is 12.6. The van der Waals surface area contributed by atoms with Crippen LogP contribution in [0.25, 0.3) is 120 Å². The number of benzene rings is 12. The zero-order valence-electron chi connectivity index (χ0n) is 32.9. The Bertz CT molecular complexity index is 3630. The van der Waals surface area contributed by atoms with Gasteiger partial charge in [0.2, 0.25) is 0 Å². The molecule has 60 heavy (non-hydrogen) atoms. The van der Waals surface area contributed by atoms with Gasteiger partial charge in [0.15, 0.2) is 0 Å². The SMILES string of the molecule is c1ccc2cc(-c3ccc(-c4ccc5c(c4)cc(-c4cc6ccccc6c6ccccc46)c4cc(-c6ccc(-c7ccc8ccccc8c7)cc6)ccc45)cc3)ccc2c1. The van der Waals surface area contributed by atoms with Crippen LogP contribution in [0, 0.1) is 0 Å². The van der Waals surface area contributed by atoms with Gasteiger partial charge in [-0.25, -0.2) is 0 Å². The molecule has 0 unspecified atom stereocenters. The number of hydrogen-bond acceptors (Lipinski definition) is 0. The first kappa shape index (κ1) is 34.3. The Kier molecular flexibility index (Phi) is 7.96. The molecule has 12 aromatic carbocycles. The van der Waals surface area contributed by atoms with Gasteiger partial charge >= 0.3 is 0 Å². The van der Waals surface area contributed by atoms with Gasteiger partial charge in [0, 0.05) is 0 Å². The van der Waals surface area contributed by atoms with Gasteiger partial charge in [-0.05, 0) is 157 Å². The predicted molar refractivity (Wildman–Crippen MR) is 259 cm³/mol. The van der Waals surface area contributed by atoms with E-state index in [1.54, 1.807) is 0 Å². The minimum Gasteiger partial charge on any atom is -0.0616 e. The summed E-state index contributed by atoms with van der Waals surface area (Å²) in [5, 5.41) is 15.1. The summed E-state index contributed by atoms with van der Waals surface area (Å²) in [5.41, 5.74) is 12.3. The smallest absolute Gasteiger partial charge is 0.00923 e. The molecule has 0 aliphatic rings. The van der Waals surface area contributed by atoms with Gasteiger partial charge in [0.1, 0.15) is 0 Å². The normalized spacial score (nSPS) is 11.7. The predicted octanol–water partition coefficient (Wildman–Crippen LogP) is 16.9. The largest absolute Gasteiger partial charge is 0.0616 e. The molecule has 0 saturated carbocycles. The van der Waals surface area contributed by atoms with Crippen LogP contribution in [-0.4, -0.2) is 0 Å². The van der Waals surface area contributed by atoms with E-state index >= 15 is 0 Å². The Morgan fingerprint density at radius 1 is 0.150 bits per heavy atom. The van der Waals surface area contributed by atoms with Crippen molar-refractivity contribution in [1.82, 2.24) is 0 Å². The first-order valence-electron chi connectivity index (χ1n) is 20.8. The molecule has 0 N–H and O–H groups in total. The number of rotatable bonds is 5. The van der Waals surface area contributed by atoms with E-state index in [0.717, 1.165) is 0 Å². The average Bonchev–Trinajstić information content (AvgIpc) is 3.33. The van der Waals surface area contributed by atoms with E-state index in [9.17, 15) is 0 Å². The summed E-state index contributed by atoms with van der Waals surface area (Å²) in [6, 6.07) is 85.3. The molecule has 0 aromatic heterocycles. The van der Waals surface area contributed by atoms with Gasteiger partial charge in [0.25, 0.3) is 0 Å². The van der Waals surface area contributed by atoms with Crippen LogP contribution in [0.4, 0.5) is 0 Å². The quantitative estimate of drug-likeness (QED) is 0.153. The summed E-state index contributed by atoms with van der Waals surface area (Å²) in [4.78, 5) is 0. The highest BCUT2D eigenvalue weighted by atomic mass is 14.2. The Morgan fingerprint density at radius 2 is 0.483 bits per heavy atom. The average molecular weight is 759 g/mol. The lowest BCUT2D eigenvalue weighted by Gasteiger charge is -2.17. The standard InChI is InChI=1S/C60H38/c1-3-11-45-33-47(27-25-39(45)9-1)41-17-19-43(20-18-41)49-29-31-54-52(35-49)38-60(59-37-51-13-5-6-14-53(51)55-15-7-8-16-56(55)59)58-36-50(30-32-57(54)58)44-23-21-42(22-24-44)48-28-26-40-10-2-4-12-46(40)34-48/h1-38H. The number of fused-ring (bicyclic) bond motifs is 8. The molecule has 0 aliphatic carbocycles. The van der Waals surface area contributed by atoms with Crippen molar-refractivity contribution in [3.8, 4) is 55.6 Å². The van der Waals surface area contributed by atoms with Crippen LogP contribution in [0.3, 0.4) is 0 Å². The van der Waals surface area contributed by atoms with Crippen LogP contribution in [0.1, 0.15) is 0 Å². The van der Waals surface area contributed by atoms with E-state index in [1.165, 1.54) is 120 Å². The molecule has 0 heteroatoms. The fourth-order valence-electron chi connectivity index (χ4n) is 9.47. The Labute approximate surface area is 349 Å². The van der Waals surface area contributed by atoms with Crippen LogP contribution < -0.4 is 0 Å². The van der Waals surface area contributed by atoms with Crippen molar-refractivity contribution in [3.05, 3.63) is 231 Å². The summed E-state index contributed by atoms with van der Waals surface area (Å²) in [5.74, 6) is 0. The molecule has 278 valence electrons. The van der Waals surface area contributed by atoms with Crippen molar-refractivity contribution in [2.75, 3.05) is 0 Å². The molecule has 0 atom stereocenters. The van der Waals surface area contributed by atoms with Gasteiger partial charge in [-0.2, -0.15) is 0 Å². The third kappa shape index (κ3) is 5.84. The highest BCUT2D eigenvalue weighted by molar-refractivity contribution is 6.21. The molecular formula is C60H38. The van der Waals surface area contributed by atoms with Gasteiger partial charge in [0.05, 0.1) is 0 Å². The van der Waals surface area contributed by atoms with Gasteiger partial charge in [-0.3, -0.25) is 0 Å². The second-order valence-electron chi connectivity index (χ2n) is 16.1. The molecular weight excluding hydrogens is 721 g/mol. The molecule has 0 nitrogen and oxygen atoms in total. The molecule has 12 aromatic rings. The molecule has 0 fully saturated rings. The zero-order valence-corrected chi connectivity index (χ0v) is 32.9. The lowest BCUT2D eigenvalue weighted by Crippen LogP contribution is -1.90. The summed E-state index contributed by atoms with van der Waals surface area (Å²) in [7, 11) is 0. The maximum absolute atomic E-state index is 2.44. The van der Waals surface area contributed by atoms with Crippen LogP contribution in [0.15, 0.2) is 231 Å². The topological polar surface area (TPSA) is 0 Å². The van der Waals surface area contributed by atoms with Crippen molar-refractivity contribution >= 4 is 64.6 Å². The fourth-order valence-corrected chi connectivity index (χ4v) is 9.47. The first-order valence-corrected chi connectivity index (χ1v) is 20.8. The second kappa shape index (κ2) is 13.9. The van der Waals surface area contributed by atoms with Crippen molar-refractivity contribution in [2.24, 2.45) is 0 Å². The molecule has 0 saturated heterocycles. The van der Waals surface area contributed by atoms with Crippen molar-refractivity contribution in [2.45, 2.75) is 0 Å². The Morgan fingerprint density at radius 3 is 1.05 bits per heavy atom. The summed E-state index contributed by atoms with van der Waals surface area (Å²) in [6.45, 7) is 0. The van der Waals surface area contributed by atoms with E-state index in [4.69, 9.17) is 0 Å². The summed E-state index contributed by atoms with van der Waals surface area (Å²) in [6.07, 6.45) is 0. The Hall–Kier alpha value is -7.80. The van der Waals surface area contributed by atoms with Gasteiger partial charge < -0.3 is 0 Å². The fraction of sp³-hybridized carbons (Fsp3) is 0. The highest BCUT2D eigenvalue weighted by Gasteiger charge is 2.16. The molecule has 0 bridgehead atoms. The van der Waals surface area contributed by atoms with Crippen molar-refractivity contribution in [1.29, 1.82) is 0 Å². The van der Waals surface area contributed by atoms with E-state index in [2.05, 4.69) is 231 Å². The zero-order chi connectivity index (χ0) is 39.6. The second-order valence-corrected chi connectivity index (χ2v) is 16.1. The third-order valence-electron chi connectivity index (χ3n) is 12.6. The van der Waals surface area contributed by atoms with Crippen LogP contribution in [0.5, 0.6) is 0 Å². The van der Waals surface area contributed by atoms with E-state index < -0.39 is 0 Å². The summed E-state index contributed by atoms with van der Waals surface area (Å²) < 4.78 is 0. The van der Waals surface area contributed by atoms with Crippen molar-refractivity contribution < 1.29 is 0 Å². The minimum atomic E-state index is 1.21. The monoisotopic (exact) mass is 758 g/mol. The molecule has 0 heterocycles. The van der Waals surface area contributed by atoms with Crippen LogP contribution in [0.2, 0.25) is 0 Å². The van der Waals surface area contributed by atoms with Crippen LogP contribution >= 0.6 is 0 Å². The first-order chi connectivity index (χ1) is 29.7. The molecule has 0 aliphatic heterocycles.